The number of aromatic nitrogens is 2. The highest BCUT2D eigenvalue weighted by molar-refractivity contribution is 5.90. The summed E-state index contributed by atoms with van der Waals surface area (Å²) in [7, 11) is 0. The summed E-state index contributed by atoms with van der Waals surface area (Å²) in [6.07, 6.45) is 2.36. The lowest BCUT2D eigenvalue weighted by Crippen LogP contribution is -2.20. The predicted octanol–water partition coefficient (Wildman–Crippen LogP) is 2.68. The minimum Gasteiger partial charge on any atom is -0.356 e. The van der Waals surface area contributed by atoms with E-state index in [4.69, 9.17) is 0 Å². The molecule has 3 nitrogen and oxygen atoms in total. The minimum atomic E-state index is -0.270. The second-order valence-electron chi connectivity index (χ2n) is 4.42. The van der Waals surface area contributed by atoms with Crippen molar-refractivity contribution < 1.29 is 4.39 Å². The van der Waals surface area contributed by atoms with E-state index in [1.807, 2.05) is 13.0 Å². The van der Waals surface area contributed by atoms with Crippen LogP contribution in [0.3, 0.4) is 0 Å². The zero-order chi connectivity index (χ0) is 11.8. The molecule has 2 aromatic rings. The maximum atomic E-state index is 13.7. The first kappa shape index (κ1) is 10.4. The number of rotatable bonds is 1. The molecule has 0 bridgehead atoms. The number of halogens is 1. The molecule has 0 radical (unpaired) electrons. The molecule has 2 heterocycles. The molecule has 1 fully saturated rings. The van der Waals surface area contributed by atoms with Gasteiger partial charge in [-0.15, -0.1) is 0 Å². The van der Waals surface area contributed by atoms with Crippen LogP contribution >= 0.6 is 0 Å². The molecule has 3 rings (SSSR count). The SMILES string of the molecule is Cc1nc(N2CCCC2)c2cccc(F)c2n1. The summed E-state index contributed by atoms with van der Waals surface area (Å²) in [6, 6.07) is 5.06. The third-order valence-electron chi connectivity index (χ3n) is 3.17. The second-order valence-corrected chi connectivity index (χ2v) is 4.42. The Hall–Kier alpha value is -1.71. The van der Waals surface area contributed by atoms with Crippen molar-refractivity contribution in [2.75, 3.05) is 18.0 Å². The van der Waals surface area contributed by atoms with Crippen molar-refractivity contribution in [3.05, 3.63) is 29.8 Å². The van der Waals surface area contributed by atoms with E-state index in [9.17, 15) is 4.39 Å². The van der Waals surface area contributed by atoms with E-state index in [0.717, 1.165) is 24.3 Å². The number of anilines is 1. The number of benzene rings is 1. The molecule has 0 amide bonds. The van der Waals surface area contributed by atoms with Gasteiger partial charge in [0.05, 0.1) is 0 Å². The van der Waals surface area contributed by atoms with Crippen molar-refractivity contribution >= 4 is 16.7 Å². The molecule has 0 spiro atoms. The Balaban J connectivity index is 2.25. The lowest BCUT2D eigenvalue weighted by Gasteiger charge is -2.18. The molecule has 4 heteroatoms. The first-order chi connectivity index (χ1) is 8.25. The zero-order valence-corrected chi connectivity index (χ0v) is 9.78. The van der Waals surface area contributed by atoms with Crippen LogP contribution < -0.4 is 4.90 Å². The van der Waals surface area contributed by atoms with Crippen LogP contribution in [0.1, 0.15) is 18.7 Å². The van der Waals surface area contributed by atoms with Crippen molar-refractivity contribution in [3.63, 3.8) is 0 Å². The Kier molecular flexibility index (Phi) is 2.42. The van der Waals surface area contributed by atoms with Gasteiger partial charge in [-0.3, -0.25) is 0 Å². The van der Waals surface area contributed by atoms with E-state index >= 15 is 0 Å². The number of nitrogens with zero attached hydrogens (tertiary/aromatic N) is 3. The van der Waals surface area contributed by atoms with Crippen molar-refractivity contribution in [3.8, 4) is 0 Å². The van der Waals surface area contributed by atoms with Crippen LogP contribution in [0.25, 0.3) is 10.9 Å². The van der Waals surface area contributed by atoms with Gasteiger partial charge in [0.15, 0.2) is 0 Å². The van der Waals surface area contributed by atoms with Gasteiger partial charge in [0, 0.05) is 18.5 Å². The average molecular weight is 231 g/mol. The first-order valence-corrected chi connectivity index (χ1v) is 5.93. The van der Waals surface area contributed by atoms with Gasteiger partial charge in [-0.25, -0.2) is 14.4 Å². The van der Waals surface area contributed by atoms with E-state index < -0.39 is 0 Å². The highest BCUT2D eigenvalue weighted by Gasteiger charge is 2.18. The van der Waals surface area contributed by atoms with E-state index in [1.54, 1.807) is 6.07 Å². The number of aryl methyl sites for hydroxylation is 1. The molecule has 1 aromatic heterocycles. The van der Waals surface area contributed by atoms with Gasteiger partial charge >= 0.3 is 0 Å². The van der Waals surface area contributed by atoms with E-state index in [-0.39, 0.29) is 5.82 Å². The molecule has 0 atom stereocenters. The monoisotopic (exact) mass is 231 g/mol. The molecule has 1 saturated heterocycles. The smallest absolute Gasteiger partial charge is 0.149 e. The summed E-state index contributed by atoms with van der Waals surface area (Å²) in [6.45, 7) is 3.82. The van der Waals surface area contributed by atoms with E-state index in [1.165, 1.54) is 18.9 Å². The van der Waals surface area contributed by atoms with Gasteiger partial charge in [0.25, 0.3) is 0 Å². The standard InChI is InChI=1S/C13H14FN3/c1-9-15-12-10(5-4-6-11(12)14)13(16-9)17-7-2-3-8-17/h4-6H,2-3,7-8H2,1H3. The van der Waals surface area contributed by atoms with Crippen LogP contribution in [-0.2, 0) is 0 Å². The van der Waals surface area contributed by atoms with Crippen LogP contribution in [0.2, 0.25) is 0 Å². The number of hydrogen-bond donors (Lipinski definition) is 0. The fourth-order valence-corrected chi connectivity index (χ4v) is 2.38. The van der Waals surface area contributed by atoms with Crippen molar-refractivity contribution in [1.82, 2.24) is 9.97 Å². The van der Waals surface area contributed by atoms with E-state index in [0.29, 0.717) is 11.3 Å². The zero-order valence-electron chi connectivity index (χ0n) is 9.78. The lowest BCUT2D eigenvalue weighted by atomic mass is 10.2. The molecule has 0 N–H and O–H groups in total. The molecule has 88 valence electrons. The number of hydrogen-bond acceptors (Lipinski definition) is 3. The molecule has 0 aliphatic carbocycles. The second kappa shape index (κ2) is 3.95. The largest absolute Gasteiger partial charge is 0.356 e. The topological polar surface area (TPSA) is 29.0 Å². The van der Waals surface area contributed by atoms with Gasteiger partial charge in [-0.1, -0.05) is 6.07 Å². The van der Waals surface area contributed by atoms with Gasteiger partial charge in [0.2, 0.25) is 0 Å². The summed E-state index contributed by atoms with van der Waals surface area (Å²) >= 11 is 0. The lowest BCUT2D eigenvalue weighted by molar-refractivity contribution is 0.636. The third kappa shape index (κ3) is 1.73. The molecule has 0 unspecified atom stereocenters. The number of para-hydroxylation sites is 1. The Morgan fingerprint density at radius 2 is 1.94 bits per heavy atom. The minimum absolute atomic E-state index is 0.270. The molecular weight excluding hydrogens is 217 g/mol. The average Bonchev–Trinajstić information content (AvgIpc) is 2.83. The van der Waals surface area contributed by atoms with Gasteiger partial charge in [-0.05, 0) is 31.9 Å². The molecule has 17 heavy (non-hydrogen) atoms. The normalized spacial score (nSPS) is 15.8. The molecule has 1 aromatic carbocycles. The number of fused-ring (bicyclic) bond motifs is 1. The fourth-order valence-electron chi connectivity index (χ4n) is 2.38. The summed E-state index contributed by atoms with van der Waals surface area (Å²) in [4.78, 5) is 10.9. The van der Waals surface area contributed by atoms with Gasteiger partial charge < -0.3 is 4.90 Å². The Morgan fingerprint density at radius 1 is 1.18 bits per heavy atom. The van der Waals surface area contributed by atoms with Gasteiger partial charge in [-0.2, -0.15) is 0 Å². The van der Waals surface area contributed by atoms with Crippen LogP contribution in [-0.4, -0.2) is 23.1 Å². The summed E-state index contributed by atoms with van der Waals surface area (Å²) in [5.41, 5.74) is 0.432. The van der Waals surface area contributed by atoms with Crippen LogP contribution in [0.5, 0.6) is 0 Å². The van der Waals surface area contributed by atoms with Crippen molar-refractivity contribution in [2.45, 2.75) is 19.8 Å². The Bertz CT molecular complexity index is 562. The van der Waals surface area contributed by atoms with Gasteiger partial charge in [0.1, 0.15) is 23.0 Å². The van der Waals surface area contributed by atoms with Crippen LogP contribution in [0.15, 0.2) is 18.2 Å². The van der Waals surface area contributed by atoms with Crippen LogP contribution in [0, 0.1) is 12.7 Å². The van der Waals surface area contributed by atoms with Crippen molar-refractivity contribution in [2.24, 2.45) is 0 Å². The predicted molar refractivity (Wildman–Crippen MR) is 65.7 cm³/mol. The highest BCUT2D eigenvalue weighted by atomic mass is 19.1. The molecule has 1 aliphatic rings. The van der Waals surface area contributed by atoms with E-state index in [2.05, 4.69) is 14.9 Å². The summed E-state index contributed by atoms with van der Waals surface area (Å²) < 4.78 is 13.7. The summed E-state index contributed by atoms with van der Waals surface area (Å²) in [5.74, 6) is 1.24. The summed E-state index contributed by atoms with van der Waals surface area (Å²) in [5, 5.41) is 0.817. The quantitative estimate of drug-likeness (QED) is 0.755. The maximum absolute atomic E-state index is 13.7. The molecular formula is C13H14FN3. The molecule has 1 aliphatic heterocycles. The van der Waals surface area contributed by atoms with Crippen molar-refractivity contribution in [1.29, 1.82) is 0 Å². The third-order valence-corrected chi connectivity index (χ3v) is 3.17. The highest BCUT2D eigenvalue weighted by Crippen LogP contribution is 2.27. The Labute approximate surface area is 99.3 Å². The first-order valence-electron chi connectivity index (χ1n) is 5.93. The fraction of sp³-hybridized carbons (Fsp3) is 0.385. The maximum Gasteiger partial charge on any atom is 0.149 e. The Morgan fingerprint density at radius 3 is 2.71 bits per heavy atom. The van der Waals surface area contributed by atoms with Crippen LogP contribution in [0.4, 0.5) is 10.2 Å². The molecule has 0 saturated carbocycles.